The van der Waals surface area contributed by atoms with Gasteiger partial charge >= 0.3 is 0 Å². The molecule has 0 amide bonds. The summed E-state index contributed by atoms with van der Waals surface area (Å²) in [7, 11) is 0. The molecule has 0 nitrogen and oxygen atoms in total. The molecule has 0 aliphatic heterocycles. The van der Waals surface area contributed by atoms with Crippen molar-refractivity contribution >= 4 is 24.8 Å². The summed E-state index contributed by atoms with van der Waals surface area (Å²) in [5.74, 6) is 1.45. The summed E-state index contributed by atoms with van der Waals surface area (Å²) in [4.78, 5) is 0. The van der Waals surface area contributed by atoms with E-state index in [1.54, 1.807) is 5.57 Å². The maximum atomic E-state index is 3.55. The molecular weight excluding hydrogens is 342 g/mol. The molecule has 0 saturated carbocycles. The Morgan fingerprint density at radius 1 is 1.06 bits per heavy atom. The summed E-state index contributed by atoms with van der Waals surface area (Å²) in [5.41, 5.74) is 3.12. The molecule has 1 aliphatic rings. The first-order valence-corrected chi connectivity index (χ1v) is 6.51. The molecular formula is C15H27Cl2Zr-. The summed E-state index contributed by atoms with van der Waals surface area (Å²) in [6, 6.07) is 0. The van der Waals surface area contributed by atoms with Crippen LogP contribution in [-0.4, -0.2) is 0 Å². The van der Waals surface area contributed by atoms with Gasteiger partial charge in [0, 0.05) is 26.2 Å². The van der Waals surface area contributed by atoms with Crippen molar-refractivity contribution in [3.8, 4) is 0 Å². The molecule has 18 heavy (non-hydrogen) atoms. The smallest absolute Gasteiger partial charge is 0 e. The van der Waals surface area contributed by atoms with Crippen molar-refractivity contribution in [2.75, 3.05) is 0 Å². The second-order valence-electron chi connectivity index (χ2n) is 4.83. The van der Waals surface area contributed by atoms with E-state index in [0.717, 1.165) is 12.3 Å². The monoisotopic (exact) mass is 367 g/mol. The van der Waals surface area contributed by atoms with E-state index in [-0.39, 0.29) is 51.0 Å². The number of halogens is 2. The average molecular weight is 370 g/mol. The van der Waals surface area contributed by atoms with E-state index < -0.39 is 0 Å². The molecule has 0 radical (unpaired) electrons. The number of hydrogen-bond donors (Lipinski definition) is 0. The van der Waals surface area contributed by atoms with Gasteiger partial charge in [0.15, 0.2) is 0 Å². The molecule has 0 heterocycles. The van der Waals surface area contributed by atoms with Crippen LogP contribution in [0.3, 0.4) is 0 Å². The fraction of sp³-hybridized carbons (Fsp3) is 0.733. The molecule has 0 spiro atoms. The fourth-order valence-electron chi connectivity index (χ4n) is 2.57. The van der Waals surface area contributed by atoms with Gasteiger partial charge in [0.25, 0.3) is 0 Å². The van der Waals surface area contributed by atoms with Crippen molar-refractivity contribution in [3.63, 3.8) is 0 Å². The fourth-order valence-corrected chi connectivity index (χ4v) is 2.57. The minimum Gasteiger partial charge on any atom is -0.269 e. The summed E-state index contributed by atoms with van der Waals surface area (Å²) < 4.78 is 0. The molecule has 106 valence electrons. The third kappa shape index (κ3) is 6.92. The third-order valence-corrected chi connectivity index (χ3v) is 3.39. The van der Waals surface area contributed by atoms with Crippen LogP contribution in [0.5, 0.6) is 0 Å². The van der Waals surface area contributed by atoms with E-state index in [1.807, 2.05) is 0 Å². The van der Waals surface area contributed by atoms with Crippen LogP contribution in [-0.2, 0) is 26.2 Å². The van der Waals surface area contributed by atoms with Gasteiger partial charge in [0.1, 0.15) is 0 Å². The first-order valence-electron chi connectivity index (χ1n) is 6.51. The predicted octanol–water partition coefficient (Wildman–Crippen LogP) is 5.76. The Morgan fingerprint density at radius 2 is 1.56 bits per heavy atom. The Labute approximate surface area is 145 Å². The molecule has 2 unspecified atom stereocenters. The Morgan fingerprint density at radius 3 is 2.06 bits per heavy atom. The first-order chi connectivity index (χ1) is 7.20. The topological polar surface area (TPSA) is 0 Å². The van der Waals surface area contributed by atoms with Crippen LogP contribution >= 0.6 is 24.8 Å². The van der Waals surface area contributed by atoms with E-state index in [1.165, 1.54) is 31.3 Å². The Bertz CT molecular complexity index is 233. The predicted molar refractivity (Wildman–Crippen MR) is 82.1 cm³/mol. The molecule has 2 atom stereocenters. The molecule has 0 aromatic carbocycles. The molecule has 0 aromatic rings. The standard InChI is InChI=1S/C15H25.2ClH.Zr/c1-5-8-12(3)14-10-7-11-15(14)13(4)9-6-2;;;/h10,12-13H,5-9H2,1-4H3;2*1H;/q-1;;;. The quantitative estimate of drug-likeness (QED) is 0.522. The van der Waals surface area contributed by atoms with Crippen LogP contribution in [0.15, 0.2) is 17.2 Å². The van der Waals surface area contributed by atoms with Crippen molar-refractivity contribution in [2.45, 2.75) is 59.8 Å². The molecule has 1 rings (SSSR count). The van der Waals surface area contributed by atoms with Crippen molar-refractivity contribution in [1.29, 1.82) is 0 Å². The van der Waals surface area contributed by atoms with Crippen LogP contribution < -0.4 is 0 Å². The van der Waals surface area contributed by atoms with Gasteiger partial charge in [-0.2, -0.15) is 11.6 Å². The summed E-state index contributed by atoms with van der Waals surface area (Å²) >= 11 is 0. The van der Waals surface area contributed by atoms with Gasteiger partial charge in [-0.05, 0) is 6.42 Å². The Hall–Kier alpha value is 0.943. The second kappa shape index (κ2) is 13.0. The zero-order valence-electron chi connectivity index (χ0n) is 12.1. The number of allylic oxidation sites excluding steroid dienone is 4. The van der Waals surface area contributed by atoms with E-state index in [9.17, 15) is 0 Å². The summed E-state index contributed by atoms with van der Waals surface area (Å²) in [5, 5.41) is 0. The third-order valence-electron chi connectivity index (χ3n) is 3.39. The normalized spacial score (nSPS) is 16.4. The molecule has 0 saturated heterocycles. The van der Waals surface area contributed by atoms with Crippen LogP contribution in [0, 0.1) is 17.9 Å². The minimum absolute atomic E-state index is 0. The molecule has 0 bridgehead atoms. The van der Waals surface area contributed by atoms with Gasteiger partial charge in [0.2, 0.25) is 0 Å². The van der Waals surface area contributed by atoms with Gasteiger partial charge in [-0.1, -0.05) is 58.8 Å². The Kier molecular flexibility index (Phi) is 17.3. The molecule has 1 aliphatic carbocycles. The zero-order chi connectivity index (χ0) is 11.3. The van der Waals surface area contributed by atoms with Crippen LogP contribution in [0.25, 0.3) is 0 Å². The number of hydrogen-bond acceptors (Lipinski definition) is 0. The molecule has 0 N–H and O–H groups in total. The SMILES string of the molecule is CCCC(C)C1=[C-]CC=C1C(C)CCC.Cl.Cl.[Zr]. The largest absolute Gasteiger partial charge is 0.269 e. The van der Waals surface area contributed by atoms with E-state index in [2.05, 4.69) is 39.8 Å². The summed E-state index contributed by atoms with van der Waals surface area (Å²) in [6.07, 6.45) is 12.2. The Balaban J connectivity index is -0.000000750. The summed E-state index contributed by atoms with van der Waals surface area (Å²) in [6.45, 7) is 9.25. The van der Waals surface area contributed by atoms with Crippen molar-refractivity contribution in [2.24, 2.45) is 11.8 Å². The maximum Gasteiger partial charge on any atom is 0 e. The maximum absolute atomic E-state index is 3.55. The van der Waals surface area contributed by atoms with E-state index in [4.69, 9.17) is 0 Å². The minimum atomic E-state index is 0. The van der Waals surface area contributed by atoms with E-state index >= 15 is 0 Å². The first kappa shape index (κ1) is 24.0. The molecule has 0 aromatic heterocycles. The van der Waals surface area contributed by atoms with Gasteiger partial charge in [-0.25, -0.2) is 5.57 Å². The van der Waals surface area contributed by atoms with Gasteiger partial charge in [-0.15, -0.1) is 31.2 Å². The van der Waals surface area contributed by atoms with Gasteiger partial charge in [-0.3, -0.25) is 6.08 Å². The van der Waals surface area contributed by atoms with Gasteiger partial charge in [0.05, 0.1) is 0 Å². The van der Waals surface area contributed by atoms with Crippen molar-refractivity contribution < 1.29 is 26.2 Å². The van der Waals surface area contributed by atoms with E-state index in [0.29, 0.717) is 5.92 Å². The van der Waals surface area contributed by atoms with Crippen LogP contribution in [0.1, 0.15) is 59.8 Å². The molecule has 0 fully saturated rings. The zero-order valence-corrected chi connectivity index (χ0v) is 16.2. The molecule has 3 heteroatoms. The number of rotatable bonds is 6. The second-order valence-corrected chi connectivity index (χ2v) is 4.83. The van der Waals surface area contributed by atoms with Crippen molar-refractivity contribution in [3.05, 3.63) is 23.3 Å². The van der Waals surface area contributed by atoms with Crippen molar-refractivity contribution in [1.82, 2.24) is 0 Å². The average Bonchev–Trinajstić information content (AvgIpc) is 2.66. The van der Waals surface area contributed by atoms with Gasteiger partial charge < -0.3 is 0 Å². The van der Waals surface area contributed by atoms with Crippen LogP contribution in [0.4, 0.5) is 0 Å². The van der Waals surface area contributed by atoms with Crippen LogP contribution in [0.2, 0.25) is 0 Å².